The van der Waals surface area contributed by atoms with E-state index in [9.17, 15) is 0 Å². The van der Waals surface area contributed by atoms with Crippen molar-refractivity contribution in [2.24, 2.45) is 5.92 Å². The van der Waals surface area contributed by atoms with Gasteiger partial charge in [0.2, 0.25) is 0 Å². The van der Waals surface area contributed by atoms with Crippen LogP contribution in [0.5, 0.6) is 5.75 Å². The first-order valence-corrected chi connectivity index (χ1v) is 10.3. The minimum atomic E-state index is 0.0305. The van der Waals surface area contributed by atoms with Gasteiger partial charge in [-0.1, -0.05) is 61.4 Å². The molecule has 1 heterocycles. The number of hydrogen-bond donors (Lipinski definition) is 1. The van der Waals surface area contributed by atoms with Crippen LogP contribution in [0.2, 0.25) is 0 Å². The van der Waals surface area contributed by atoms with Gasteiger partial charge in [0, 0.05) is 10.8 Å². The number of thiol groups is 1. The molecule has 0 unspecified atom stereocenters. The summed E-state index contributed by atoms with van der Waals surface area (Å²) in [6, 6.07) is 19.4. The van der Waals surface area contributed by atoms with Crippen LogP contribution in [0, 0.1) is 5.92 Å². The van der Waals surface area contributed by atoms with E-state index in [0.29, 0.717) is 11.8 Å². The van der Waals surface area contributed by atoms with E-state index < -0.39 is 0 Å². The standard InChI is InChI=1S/C22H24OS2/c1-23-18-12-10-16(11-13-18)19-15-21(17-7-3-2-4-8-17)25-22(24)14-6-5-9-20(19)22/h2-4,7-8,10-13,15,19-20,24H,5-6,9,14H2,1H3/t19-,20-,22-/m0/s1. The van der Waals surface area contributed by atoms with Gasteiger partial charge in [0.05, 0.1) is 11.2 Å². The van der Waals surface area contributed by atoms with Crippen LogP contribution < -0.4 is 4.74 Å². The molecular weight excluding hydrogens is 344 g/mol. The van der Waals surface area contributed by atoms with Gasteiger partial charge in [-0.15, -0.1) is 11.8 Å². The predicted molar refractivity (Wildman–Crippen MR) is 111 cm³/mol. The first-order valence-electron chi connectivity index (χ1n) is 9.02. The third-order valence-electron chi connectivity index (χ3n) is 5.49. The summed E-state index contributed by atoms with van der Waals surface area (Å²) >= 11 is 7.21. The lowest BCUT2D eigenvalue weighted by Gasteiger charge is -2.47. The molecule has 25 heavy (non-hydrogen) atoms. The van der Waals surface area contributed by atoms with Gasteiger partial charge in [0.1, 0.15) is 5.75 Å². The molecule has 0 radical (unpaired) electrons. The highest BCUT2D eigenvalue weighted by molar-refractivity contribution is 8.18. The van der Waals surface area contributed by atoms with Gasteiger partial charge < -0.3 is 4.74 Å². The van der Waals surface area contributed by atoms with Gasteiger partial charge >= 0.3 is 0 Å². The Bertz CT molecular complexity index is 753. The Morgan fingerprint density at radius 2 is 1.80 bits per heavy atom. The number of methoxy groups -OCH3 is 1. The lowest BCUT2D eigenvalue weighted by Crippen LogP contribution is -2.38. The van der Waals surface area contributed by atoms with Crippen LogP contribution in [-0.2, 0) is 0 Å². The molecule has 0 bridgehead atoms. The molecule has 1 aliphatic carbocycles. The third-order valence-corrected chi connectivity index (χ3v) is 7.77. The lowest BCUT2D eigenvalue weighted by molar-refractivity contribution is 0.322. The molecular formula is C22H24OS2. The largest absolute Gasteiger partial charge is 0.497 e. The van der Waals surface area contributed by atoms with Crippen molar-refractivity contribution in [2.75, 3.05) is 7.11 Å². The predicted octanol–water partition coefficient (Wildman–Crippen LogP) is 6.38. The van der Waals surface area contributed by atoms with Crippen LogP contribution >= 0.6 is 24.4 Å². The average molecular weight is 369 g/mol. The van der Waals surface area contributed by atoms with E-state index in [1.807, 2.05) is 11.8 Å². The number of thioether (sulfide) groups is 1. The van der Waals surface area contributed by atoms with Crippen molar-refractivity contribution < 1.29 is 4.74 Å². The molecule has 1 saturated carbocycles. The zero-order valence-corrected chi connectivity index (χ0v) is 16.2. The Kier molecular flexibility index (Phi) is 4.88. The number of allylic oxidation sites excluding steroid dienone is 1. The maximum absolute atomic E-state index is 5.34. The number of rotatable bonds is 3. The molecule has 0 spiro atoms. The Hall–Kier alpha value is -1.32. The highest BCUT2D eigenvalue weighted by Gasteiger charge is 2.46. The molecule has 1 nitrogen and oxygen atoms in total. The monoisotopic (exact) mass is 368 g/mol. The molecule has 3 atom stereocenters. The van der Waals surface area contributed by atoms with Crippen molar-refractivity contribution in [1.82, 2.24) is 0 Å². The minimum Gasteiger partial charge on any atom is -0.497 e. The van der Waals surface area contributed by atoms with Gasteiger partial charge in [-0.3, -0.25) is 0 Å². The second-order valence-corrected chi connectivity index (χ2v) is 9.47. The fourth-order valence-corrected chi connectivity index (χ4v) is 6.41. The smallest absolute Gasteiger partial charge is 0.118 e. The summed E-state index contributed by atoms with van der Waals surface area (Å²) in [5.74, 6) is 1.91. The van der Waals surface area contributed by atoms with Crippen LogP contribution in [0.3, 0.4) is 0 Å². The van der Waals surface area contributed by atoms with Crippen molar-refractivity contribution in [2.45, 2.75) is 35.7 Å². The molecule has 1 fully saturated rings. The lowest BCUT2D eigenvalue weighted by atomic mass is 9.75. The van der Waals surface area contributed by atoms with Gasteiger partial charge in [-0.2, -0.15) is 12.6 Å². The zero-order chi connectivity index (χ0) is 17.3. The molecule has 2 aromatic carbocycles. The molecule has 0 aromatic heterocycles. The quantitative estimate of drug-likeness (QED) is 0.629. The molecule has 2 aromatic rings. The maximum Gasteiger partial charge on any atom is 0.118 e. The Balaban J connectivity index is 1.77. The Morgan fingerprint density at radius 3 is 2.52 bits per heavy atom. The first kappa shape index (κ1) is 17.1. The summed E-state index contributed by atoms with van der Waals surface area (Å²) in [5.41, 5.74) is 2.68. The maximum atomic E-state index is 5.34. The summed E-state index contributed by atoms with van der Waals surface area (Å²) in [5, 5.41) is 0. The number of ether oxygens (including phenoxy) is 1. The second kappa shape index (κ2) is 7.13. The van der Waals surface area contributed by atoms with Gasteiger partial charge in [0.25, 0.3) is 0 Å². The number of benzene rings is 2. The molecule has 1 aliphatic heterocycles. The SMILES string of the molecule is COc1ccc([C@@H]2C=C(c3ccccc3)S[C@@]3(S)CCCC[C@@H]23)cc1. The highest BCUT2D eigenvalue weighted by atomic mass is 32.2. The van der Waals surface area contributed by atoms with Crippen LogP contribution in [0.4, 0.5) is 0 Å². The van der Waals surface area contributed by atoms with E-state index in [0.717, 1.165) is 5.75 Å². The summed E-state index contributed by atoms with van der Waals surface area (Å²) in [7, 11) is 1.72. The second-order valence-electron chi connectivity index (χ2n) is 7.00. The Morgan fingerprint density at radius 1 is 1.04 bits per heavy atom. The fraction of sp³-hybridized carbons (Fsp3) is 0.364. The molecule has 0 saturated heterocycles. The highest BCUT2D eigenvalue weighted by Crippen LogP contribution is 2.60. The van der Waals surface area contributed by atoms with E-state index in [4.69, 9.17) is 17.4 Å². The normalized spacial score (nSPS) is 28.8. The number of hydrogen-bond acceptors (Lipinski definition) is 3. The molecule has 0 N–H and O–H groups in total. The van der Waals surface area contributed by atoms with E-state index in [2.05, 4.69) is 60.7 Å². The van der Waals surface area contributed by atoms with E-state index in [1.54, 1.807) is 7.11 Å². The minimum absolute atomic E-state index is 0.0305. The van der Waals surface area contributed by atoms with Gasteiger partial charge in [-0.05, 0) is 42.0 Å². The topological polar surface area (TPSA) is 9.23 Å². The van der Waals surface area contributed by atoms with E-state index >= 15 is 0 Å². The van der Waals surface area contributed by atoms with Crippen molar-refractivity contribution in [3.8, 4) is 5.75 Å². The van der Waals surface area contributed by atoms with Crippen molar-refractivity contribution >= 4 is 29.3 Å². The van der Waals surface area contributed by atoms with Crippen LogP contribution in [0.1, 0.15) is 42.7 Å². The van der Waals surface area contributed by atoms with Gasteiger partial charge in [-0.25, -0.2) is 0 Å². The molecule has 4 rings (SSSR count). The third kappa shape index (κ3) is 3.37. The number of fused-ring (bicyclic) bond motifs is 1. The van der Waals surface area contributed by atoms with E-state index in [-0.39, 0.29) is 4.08 Å². The van der Waals surface area contributed by atoms with Crippen LogP contribution in [-0.4, -0.2) is 11.2 Å². The molecule has 2 aliphatic rings. The molecule has 0 amide bonds. The van der Waals surface area contributed by atoms with Crippen molar-refractivity contribution in [1.29, 1.82) is 0 Å². The Labute approximate surface area is 160 Å². The van der Waals surface area contributed by atoms with E-state index in [1.165, 1.54) is 41.7 Å². The summed E-state index contributed by atoms with van der Waals surface area (Å²) in [4.78, 5) is 1.37. The van der Waals surface area contributed by atoms with Gasteiger partial charge in [0.15, 0.2) is 0 Å². The summed E-state index contributed by atoms with van der Waals surface area (Å²) in [6.07, 6.45) is 7.51. The molecule has 3 heteroatoms. The summed E-state index contributed by atoms with van der Waals surface area (Å²) < 4.78 is 5.37. The zero-order valence-electron chi connectivity index (χ0n) is 14.5. The van der Waals surface area contributed by atoms with Crippen LogP contribution in [0.15, 0.2) is 60.7 Å². The fourth-order valence-electron chi connectivity index (χ4n) is 4.16. The average Bonchev–Trinajstić information content (AvgIpc) is 2.67. The van der Waals surface area contributed by atoms with Crippen molar-refractivity contribution in [3.05, 3.63) is 71.8 Å². The molecule has 130 valence electrons. The van der Waals surface area contributed by atoms with Crippen LogP contribution in [0.25, 0.3) is 4.91 Å². The first-order chi connectivity index (χ1) is 12.2. The summed E-state index contributed by atoms with van der Waals surface area (Å²) in [6.45, 7) is 0. The van der Waals surface area contributed by atoms with Crippen molar-refractivity contribution in [3.63, 3.8) is 0 Å².